The fourth-order valence-corrected chi connectivity index (χ4v) is 3.98. The standard InChI is InChI=1S/C28H30N6O2/c1-19-9-13-23(14-10-19)36-24-15-16-29-27-26(24)28(32-31-27)30-20-6-4-7-22(18-20)34(3)25(35)8-5-17-33(2)21-11-12-21/h4-10,13-16,18,21H,11-12,17H2,1-3H3,(H2,29,30,31,32)/b8-5+. The minimum atomic E-state index is -0.0699. The number of amides is 1. The number of benzene rings is 2. The van der Waals surface area contributed by atoms with Gasteiger partial charge in [-0.05, 0) is 57.1 Å². The zero-order chi connectivity index (χ0) is 25.1. The topological polar surface area (TPSA) is 86.4 Å². The number of ether oxygens (including phenoxy) is 1. The molecule has 1 aliphatic carbocycles. The van der Waals surface area contributed by atoms with E-state index in [4.69, 9.17) is 4.74 Å². The number of rotatable bonds is 9. The number of aryl methyl sites for hydroxylation is 1. The average molecular weight is 483 g/mol. The molecule has 8 heteroatoms. The van der Waals surface area contributed by atoms with Crippen molar-refractivity contribution in [2.45, 2.75) is 25.8 Å². The number of fused-ring (bicyclic) bond motifs is 1. The number of likely N-dealkylation sites (N-methyl/N-ethyl adjacent to an activating group) is 2. The highest BCUT2D eigenvalue weighted by atomic mass is 16.5. The van der Waals surface area contributed by atoms with Gasteiger partial charge < -0.3 is 15.0 Å². The molecule has 4 aromatic rings. The summed E-state index contributed by atoms with van der Waals surface area (Å²) < 4.78 is 6.15. The van der Waals surface area contributed by atoms with Crippen LogP contribution in [0.1, 0.15) is 18.4 Å². The number of H-pyrrole nitrogens is 1. The minimum Gasteiger partial charge on any atom is -0.456 e. The lowest BCUT2D eigenvalue weighted by Crippen LogP contribution is -2.25. The van der Waals surface area contributed by atoms with Gasteiger partial charge >= 0.3 is 0 Å². The Morgan fingerprint density at radius 1 is 1.17 bits per heavy atom. The zero-order valence-electron chi connectivity index (χ0n) is 20.7. The monoisotopic (exact) mass is 482 g/mol. The van der Waals surface area contributed by atoms with E-state index in [1.54, 1.807) is 24.2 Å². The Balaban J connectivity index is 1.32. The van der Waals surface area contributed by atoms with Gasteiger partial charge in [0.25, 0.3) is 0 Å². The summed E-state index contributed by atoms with van der Waals surface area (Å²) in [6.45, 7) is 2.81. The molecule has 1 fully saturated rings. The van der Waals surface area contributed by atoms with Crippen LogP contribution in [0.4, 0.5) is 17.2 Å². The van der Waals surface area contributed by atoms with Gasteiger partial charge in [0, 0.05) is 49.3 Å². The van der Waals surface area contributed by atoms with Crippen molar-refractivity contribution >= 4 is 34.1 Å². The Labute approximate surface area is 210 Å². The molecule has 0 radical (unpaired) electrons. The smallest absolute Gasteiger partial charge is 0.250 e. The summed E-state index contributed by atoms with van der Waals surface area (Å²) in [7, 11) is 3.87. The third kappa shape index (κ3) is 5.39. The van der Waals surface area contributed by atoms with Gasteiger partial charge in [0.1, 0.15) is 16.9 Å². The maximum absolute atomic E-state index is 12.7. The number of aromatic amines is 1. The summed E-state index contributed by atoms with van der Waals surface area (Å²) in [5.41, 5.74) is 3.35. The van der Waals surface area contributed by atoms with Crippen molar-refractivity contribution in [3.8, 4) is 11.5 Å². The van der Waals surface area contributed by atoms with Crippen molar-refractivity contribution < 1.29 is 9.53 Å². The molecule has 0 aliphatic heterocycles. The molecule has 1 saturated carbocycles. The minimum absolute atomic E-state index is 0.0699. The summed E-state index contributed by atoms with van der Waals surface area (Å²) in [6, 6.07) is 18.0. The quantitative estimate of drug-likeness (QED) is 0.310. The first kappa shape index (κ1) is 23.6. The highest BCUT2D eigenvalue weighted by Gasteiger charge is 2.25. The van der Waals surface area contributed by atoms with E-state index < -0.39 is 0 Å². The predicted octanol–water partition coefficient (Wildman–Crippen LogP) is 5.42. The number of aromatic nitrogens is 3. The molecule has 1 amide bonds. The molecule has 0 saturated heterocycles. The van der Waals surface area contributed by atoms with E-state index in [9.17, 15) is 4.79 Å². The maximum Gasteiger partial charge on any atom is 0.250 e. The van der Waals surface area contributed by atoms with Crippen molar-refractivity contribution in [1.82, 2.24) is 20.1 Å². The third-order valence-corrected chi connectivity index (χ3v) is 6.32. The van der Waals surface area contributed by atoms with Crippen LogP contribution in [-0.2, 0) is 4.79 Å². The van der Waals surface area contributed by atoms with E-state index in [2.05, 4.69) is 32.4 Å². The second kappa shape index (κ2) is 10.2. The van der Waals surface area contributed by atoms with E-state index in [-0.39, 0.29) is 5.91 Å². The lowest BCUT2D eigenvalue weighted by atomic mass is 10.2. The van der Waals surface area contributed by atoms with Crippen molar-refractivity contribution in [3.63, 3.8) is 0 Å². The Morgan fingerprint density at radius 2 is 1.97 bits per heavy atom. The predicted molar refractivity (Wildman–Crippen MR) is 143 cm³/mol. The van der Waals surface area contributed by atoms with Crippen LogP contribution in [0.5, 0.6) is 11.5 Å². The van der Waals surface area contributed by atoms with Crippen LogP contribution in [0.25, 0.3) is 11.0 Å². The first-order valence-electron chi connectivity index (χ1n) is 12.1. The summed E-state index contributed by atoms with van der Waals surface area (Å²) >= 11 is 0. The maximum atomic E-state index is 12.7. The van der Waals surface area contributed by atoms with Gasteiger partial charge in [0.15, 0.2) is 11.5 Å². The highest BCUT2D eigenvalue weighted by Crippen LogP contribution is 2.34. The lowest BCUT2D eigenvalue weighted by Gasteiger charge is -2.17. The van der Waals surface area contributed by atoms with Crippen LogP contribution in [0.3, 0.4) is 0 Å². The molecule has 0 atom stereocenters. The molecule has 2 aromatic carbocycles. The largest absolute Gasteiger partial charge is 0.456 e. The van der Waals surface area contributed by atoms with Gasteiger partial charge in [0.2, 0.25) is 5.91 Å². The normalized spacial score (nSPS) is 13.4. The van der Waals surface area contributed by atoms with Crippen molar-refractivity contribution in [3.05, 3.63) is 78.5 Å². The molecule has 0 bridgehead atoms. The second-order valence-electron chi connectivity index (χ2n) is 9.17. The van der Waals surface area contributed by atoms with Crippen molar-refractivity contribution in [1.29, 1.82) is 0 Å². The molecular weight excluding hydrogens is 452 g/mol. The molecule has 0 spiro atoms. The number of hydrogen-bond acceptors (Lipinski definition) is 6. The van der Waals surface area contributed by atoms with Crippen molar-refractivity contribution in [2.24, 2.45) is 0 Å². The Bertz CT molecular complexity index is 1390. The van der Waals surface area contributed by atoms with Gasteiger partial charge in [0.05, 0.1) is 0 Å². The molecular formula is C28H30N6O2. The number of pyridine rings is 1. The summed E-state index contributed by atoms with van der Waals surface area (Å²) in [4.78, 5) is 21.0. The van der Waals surface area contributed by atoms with Crippen LogP contribution < -0.4 is 15.0 Å². The lowest BCUT2D eigenvalue weighted by molar-refractivity contribution is -0.113. The summed E-state index contributed by atoms with van der Waals surface area (Å²) in [6.07, 6.45) is 7.75. The molecule has 8 nitrogen and oxygen atoms in total. The van der Waals surface area contributed by atoms with E-state index >= 15 is 0 Å². The van der Waals surface area contributed by atoms with E-state index in [0.29, 0.717) is 23.3 Å². The summed E-state index contributed by atoms with van der Waals surface area (Å²) in [5.74, 6) is 1.90. The Kier molecular flexibility index (Phi) is 6.69. The second-order valence-corrected chi connectivity index (χ2v) is 9.17. The molecule has 184 valence electrons. The number of hydrogen-bond donors (Lipinski definition) is 2. The van der Waals surface area contributed by atoms with Crippen LogP contribution in [0, 0.1) is 6.92 Å². The average Bonchev–Trinajstić information content (AvgIpc) is 3.66. The van der Waals surface area contributed by atoms with Gasteiger partial charge in [-0.1, -0.05) is 29.8 Å². The molecule has 2 N–H and O–H groups in total. The van der Waals surface area contributed by atoms with Gasteiger partial charge in [-0.25, -0.2) is 4.98 Å². The molecule has 5 rings (SSSR count). The fraction of sp³-hybridized carbons (Fsp3) is 0.250. The van der Waals surface area contributed by atoms with E-state index in [0.717, 1.165) is 34.6 Å². The first-order chi connectivity index (χ1) is 17.5. The van der Waals surface area contributed by atoms with E-state index in [1.807, 2.05) is 67.6 Å². The fourth-order valence-electron chi connectivity index (χ4n) is 3.98. The Morgan fingerprint density at radius 3 is 2.75 bits per heavy atom. The van der Waals surface area contributed by atoms with Gasteiger partial charge in [-0.15, -0.1) is 0 Å². The molecule has 1 aliphatic rings. The molecule has 2 aromatic heterocycles. The van der Waals surface area contributed by atoms with Crippen LogP contribution >= 0.6 is 0 Å². The number of nitrogens with zero attached hydrogens (tertiary/aromatic N) is 4. The first-order valence-corrected chi connectivity index (χ1v) is 12.1. The number of nitrogens with one attached hydrogen (secondary N) is 2. The van der Waals surface area contributed by atoms with E-state index in [1.165, 1.54) is 12.8 Å². The van der Waals surface area contributed by atoms with Gasteiger partial charge in [-0.2, -0.15) is 5.10 Å². The highest BCUT2D eigenvalue weighted by molar-refractivity contribution is 6.01. The molecule has 0 unspecified atom stereocenters. The number of anilines is 3. The van der Waals surface area contributed by atoms with Crippen molar-refractivity contribution in [2.75, 3.05) is 30.9 Å². The van der Waals surface area contributed by atoms with Crippen LogP contribution in [0.15, 0.2) is 72.9 Å². The van der Waals surface area contributed by atoms with Crippen LogP contribution in [-0.4, -0.2) is 52.7 Å². The third-order valence-electron chi connectivity index (χ3n) is 6.32. The van der Waals surface area contributed by atoms with Gasteiger partial charge in [-0.3, -0.25) is 14.8 Å². The Hall–Kier alpha value is -4.17. The number of carbonyl (C=O) groups excluding carboxylic acids is 1. The SMILES string of the molecule is Cc1ccc(Oc2ccnc3[nH]nc(Nc4cccc(N(C)C(=O)/C=C/CN(C)C5CC5)c4)c23)cc1. The molecule has 36 heavy (non-hydrogen) atoms. The zero-order valence-corrected chi connectivity index (χ0v) is 20.7. The number of carbonyl (C=O) groups is 1. The molecule has 2 heterocycles. The summed E-state index contributed by atoms with van der Waals surface area (Å²) in [5, 5.41) is 11.5. The van der Waals surface area contributed by atoms with Crippen LogP contribution in [0.2, 0.25) is 0 Å².